The molecule has 1 heterocycles. The Hall–Kier alpha value is -1.33. The topological polar surface area (TPSA) is 42.2 Å². The highest BCUT2D eigenvalue weighted by Gasteiger charge is 2.13. The Morgan fingerprint density at radius 3 is 2.76 bits per heavy atom. The van der Waals surface area contributed by atoms with Crippen LogP contribution in [0, 0.1) is 5.82 Å². The first kappa shape index (κ1) is 12.1. The number of amides is 1. The van der Waals surface area contributed by atoms with E-state index in [4.69, 9.17) is 16.0 Å². The summed E-state index contributed by atoms with van der Waals surface area (Å²) < 4.78 is 18.3. The van der Waals surface area contributed by atoms with E-state index in [0.29, 0.717) is 10.2 Å². The Morgan fingerprint density at radius 2 is 2.18 bits per heavy atom. The molecule has 2 aromatic rings. The molecule has 88 valence electrons. The van der Waals surface area contributed by atoms with Crippen molar-refractivity contribution in [1.29, 1.82) is 0 Å². The summed E-state index contributed by atoms with van der Waals surface area (Å²) in [7, 11) is 0. The molecule has 3 nitrogen and oxygen atoms in total. The molecule has 0 spiro atoms. The summed E-state index contributed by atoms with van der Waals surface area (Å²) in [5.41, 5.74) is 0.544. The first-order valence-corrected chi connectivity index (χ1v) is 5.74. The number of nitrogens with one attached hydrogen (secondary N) is 1. The molecule has 2 rings (SSSR count). The van der Waals surface area contributed by atoms with Crippen LogP contribution in [-0.4, -0.2) is 5.91 Å². The SMILES string of the molecule is O=C(Nc1ccc(Br)c(F)c1)c1ccoc1Cl. The predicted octanol–water partition coefficient (Wildman–Crippen LogP) is 4.09. The lowest BCUT2D eigenvalue weighted by molar-refractivity contribution is 0.102. The fourth-order valence-electron chi connectivity index (χ4n) is 1.23. The highest BCUT2D eigenvalue weighted by Crippen LogP contribution is 2.21. The Balaban J connectivity index is 2.19. The summed E-state index contributed by atoms with van der Waals surface area (Å²) in [6.07, 6.45) is 1.30. The Labute approximate surface area is 110 Å². The standard InChI is InChI=1S/C11H6BrClFNO2/c12-8-2-1-6(5-9(8)14)15-11(16)7-3-4-17-10(7)13/h1-5H,(H,15,16). The van der Waals surface area contributed by atoms with E-state index in [0.717, 1.165) is 0 Å². The minimum atomic E-state index is -0.457. The maximum Gasteiger partial charge on any atom is 0.260 e. The van der Waals surface area contributed by atoms with E-state index in [9.17, 15) is 9.18 Å². The fraction of sp³-hybridized carbons (Fsp3) is 0. The van der Waals surface area contributed by atoms with Gasteiger partial charge in [0.1, 0.15) is 5.82 Å². The molecule has 17 heavy (non-hydrogen) atoms. The molecule has 1 aromatic heterocycles. The maximum atomic E-state index is 13.2. The highest BCUT2D eigenvalue weighted by atomic mass is 79.9. The normalized spacial score (nSPS) is 10.3. The number of halogens is 3. The Kier molecular flexibility index (Phi) is 3.49. The van der Waals surface area contributed by atoms with Gasteiger partial charge in [-0.3, -0.25) is 4.79 Å². The zero-order chi connectivity index (χ0) is 12.4. The van der Waals surface area contributed by atoms with Crippen molar-refractivity contribution in [1.82, 2.24) is 0 Å². The second-order valence-corrected chi connectivity index (χ2v) is 4.39. The van der Waals surface area contributed by atoms with Gasteiger partial charge in [-0.2, -0.15) is 0 Å². The minimum Gasteiger partial charge on any atom is -0.452 e. The molecule has 1 aromatic carbocycles. The molecule has 0 bridgehead atoms. The van der Waals surface area contributed by atoms with Crippen LogP contribution in [0.25, 0.3) is 0 Å². The van der Waals surface area contributed by atoms with Crippen molar-refractivity contribution in [2.75, 3.05) is 5.32 Å². The summed E-state index contributed by atoms with van der Waals surface area (Å²) in [4.78, 5) is 11.7. The molecule has 0 aliphatic carbocycles. The average Bonchev–Trinajstić information content (AvgIpc) is 2.70. The number of hydrogen-bond acceptors (Lipinski definition) is 2. The average molecular weight is 319 g/mol. The highest BCUT2D eigenvalue weighted by molar-refractivity contribution is 9.10. The van der Waals surface area contributed by atoms with E-state index in [-0.39, 0.29) is 10.8 Å². The second-order valence-electron chi connectivity index (χ2n) is 3.19. The number of furan rings is 1. The van der Waals surface area contributed by atoms with Gasteiger partial charge in [-0.25, -0.2) is 4.39 Å². The quantitative estimate of drug-likeness (QED) is 0.906. The fourth-order valence-corrected chi connectivity index (χ4v) is 1.67. The van der Waals surface area contributed by atoms with Crippen molar-refractivity contribution in [2.45, 2.75) is 0 Å². The van der Waals surface area contributed by atoms with Crippen LogP contribution in [-0.2, 0) is 0 Å². The molecule has 1 N–H and O–H groups in total. The molecular formula is C11H6BrClFNO2. The number of hydrogen-bond donors (Lipinski definition) is 1. The van der Waals surface area contributed by atoms with Crippen LogP contribution in [0.15, 0.2) is 39.4 Å². The monoisotopic (exact) mass is 317 g/mol. The van der Waals surface area contributed by atoms with Gasteiger partial charge < -0.3 is 9.73 Å². The van der Waals surface area contributed by atoms with Crippen molar-refractivity contribution >= 4 is 39.1 Å². The molecule has 0 fully saturated rings. The number of carbonyl (C=O) groups is 1. The van der Waals surface area contributed by atoms with E-state index < -0.39 is 11.7 Å². The Bertz CT molecular complexity index is 570. The number of anilines is 1. The van der Waals surface area contributed by atoms with Crippen molar-refractivity contribution < 1.29 is 13.6 Å². The molecule has 6 heteroatoms. The molecule has 0 atom stereocenters. The lowest BCUT2D eigenvalue weighted by Crippen LogP contribution is -2.11. The first-order chi connectivity index (χ1) is 8.08. The Morgan fingerprint density at radius 1 is 1.41 bits per heavy atom. The van der Waals surface area contributed by atoms with Gasteiger partial charge in [-0.05, 0) is 51.8 Å². The third-order valence-electron chi connectivity index (χ3n) is 2.04. The maximum absolute atomic E-state index is 13.2. The summed E-state index contributed by atoms with van der Waals surface area (Å²) in [5, 5.41) is 2.51. The molecule has 0 aliphatic heterocycles. The van der Waals surface area contributed by atoms with Gasteiger partial charge in [0, 0.05) is 5.69 Å². The van der Waals surface area contributed by atoms with Crippen molar-refractivity contribution in [3.05, 3.63) is 51.6 Å². The van der Waals surface area contributed by atoms with Gasteiger partial charge in [0.05, 0.1) is 16.3 Å². The van der Waals surface area contributed by atoms with E-state index in [1.807, 2.05) is 0 Å². The van der Waals surface area contributed by atoms with E-state index in [1.54, 1.807) is 6.07 Å². The molecule has 0 aliphatic rings. The molecular weight excluding hydrogens is 312 g/mol. The summed E-state index contributed by atoms with van der Waals surface area (Å²) in [5.74, 6) is -0.911. The molecule has 0 unspecified atom stereocenters. The molecule has 0 saturated heterocycles. The summed E-state index contributed by atoms with van der Waals surface area (Å²) in [6, 6.07) is 5.71. The van der Waals surface area contributed by atoms with Gasteiger partial charge in [0.15, 0.2) is 0 Å². The van der Waals surface area contributed by atoms with E-state index in [1.165, 1.54) is 24.5 Å². The molecule has 0 radical (unpaired) electrons. The first-order valence-electron chi connectivity index (χ1n) is 4.57. The lowest BCUT2D eigenvalue weighted by atomic mass is 10.2. The van der Waals surface area contributed by atoms with Gasteiger partial charge >= 0.3 is 0 Å². The third-order valence-corrected chi connectivity index (χ3v) is 2.98. The zero-order valence-corrected chi connectivity index (χ0v) is 10.7. The van der Waals surface area contributed by atoms with Crippen LogP contribution in [0.1, 0.15) is 10.4 Å². The van der Waals surface area contributed by atoms with Crippen LogP contribution in [0.2, 0.25) is 5.22 Å². The lowest BCUT2D eigenvalue weighted by Gasteiger charge is -2.04. The van der Waals surface area contributed by atoms with Crippen molar-refractivity contribution in [3.63, 3.8) is 0 Å². The zero-order valence-electron chi connectivity index (χ0n) is 8.34. The van der Waals surface area contributed by atoms with Crippen LogP contribution in [0.4, 0.5) is 10.1 Å². The van der Waals surface area contributed by atoms with Crippen LogP contribution in [0.3, 0.4) is 0 Å². The third kappa shape index (κ3) is 2.68. The van der Waals surface area contributed by atoms with Gasteiger partial charge in [-0.1, -0.05) is 0 Å². The largest absolute Gasteiger partial charge is 0.452 e. The van der Waals surface area contributed by atoms with Crippen LogP contribution in [0.5, 0.6) is 0 Å². The van der Waals surface area contributed by atoms with E-state index >= 15 is 0 Å². The minimum absolute atomic E-state index is 0.0000774. The summed E-state index contributed by atoms with van der Waals surface area (Å²) >= 11 is 8.67. The number of rotatable bonds is 2. The van der Waals surface area contributed by atoms with Gasteiger partial charge in [0.2, 0.25) is 5.22 Å². The van der Waals surface area contributed by atoms with Crippen LogP contribution < -0.4 is 5.32 Å². The van der Waals surface area contributed by atoms with Gasteiger partial charge in [-0.15, -0.1) is 0 Å². The molecule has 0 saturated carbocycles. The number of benzene rings is 1. The second kappa shape index (κ2) is 4.89. The van der Waals surface area contributed by atoms with Crippen molar-refractivity contribution in [2.24, 2.45) is 0 Å². The van der Waals surface area contributed by atoms with Gasteiger partial charge in [0.25, 0.3) is 5.91 Å². The molecule has 1 amide bonds. The predicted molar refractivity (Wildman–Crippen MR) is 65.8 cm³/mol. The van der Waals surface area contributed by atoms with Crippen LogP contribution >= 0.6 is 27.5 Å². The smallest absolute Gasteiger partial charge is 0.260 e. The van der Waals surface area contributed by atoms with Crippen molar-refractivity contribution in [3.8, 4) is 0 Å². The number of carbonyl (C=O) groups excluding carboxylic acids is 1. The van der Waals surface area contributed by atoms with E-state index in [2.05, 4.69) is 21.2 Å². The summed E-state index contributed by atoms with van der Waals surface area (Å²) in [6.45, 7) is 0.